The third-order valence-corrected chi connectivity index (χ3v) is 4.23. The Morgan fingerprint density at radius 1 is 1.36 bits per heavy atom. The number of anilines is 1. The molecule has 1 aromatic carbocycles. The van der Waals surface area contributed by atoms with Crippen molar-refractivity contribution in [3.63, 3.8) is 0 Å². The van der Waals surface area contributed by atoms with Crippen molar-refractivity contribution in [1.82, 2.24) is 14.9 Å². The summed E-state index contributed by atoms with van der Waals surface area (Å²) in [6.07, 6.45) is 1.94. The first-order chi connectivity index (χ1) is 10.7. The van der Waals surface area contributed by atoms with Gasteiger partial charge in [0.2, 0.25) is 5.95 Å². The summed E-state index contributed by atoms with van der Waals surface area (Å²) in [6.45, 7) is 3.26. The maximum absolute atomic E-state index is 5.71. The van der Waals surface area contributed by atoms with Crippen molar-refractivity contribution in [1.29, 1.82) is 0 Å². The number of imidazole rings is 1. The van der Waals surface area contributed by atoms with E-state index < -0.39 is 0 Å². The molecule has 1 atom stereocenters. The molecule has 2 aromatic rings. The lowest BCUT2D eigenvalue weighted by molar-refractivity contribution is 0.0905. The molecular formula is C17H24N4O. The van der Waals surface area contributed by atoms with Crippen LogP contribution in [0.4, 0.5) is 5.95 Å². The van der Waals surface area contributed by atoms with Crippen molar-refractivity contribution >= 4 is 5.95 Å². The van der Waals surface area contributed by atoms with E-state index in [4.69, 9.17) is 4.74 Å². The van der Waals surface area contributed by atoms with Crippen molar-refractivity contribution in [3.05, 3.63) is 47.3 Å². The van der Waals surface area contributed by atoms with Gasteiger partial charge in [0, 0.05) is 40.2 Å². The molecule has 22 heavy (non-hydrogen) atoms. The van der Waals surface area contributed by atoms with Crippen LogP contribution in [0.15, 0.2) is 30.5 Å². The smallest absolute Gasteiger partial charge is 0.204 e. The van der Waals surface area contributed by atoms with E-state index in [0.717, 1.165) is 32.3 Å². The van der Waals surface area contributed by atoms with Crippen LogP contribution in [0.2, 0.25) is 0 Å². The zero-order valence-corrected chi connectivity index (χ0v) is 13.5. The molecular weight excluding hydrogens is 276 g/mol. The maximum Gasteiger partial charge on any atom is 0.204 e. The summed E-state index contributed by atoms with van der Waals surface area (Å²) in [5.74, 6) is 1.40. The molecule has 0 aliphatic carbocycles. The second kappa shape index (κ2) is 6.50. The molecule has 1 aliphatic rings. The van der Waals surface area contributed by atoms with Gasteiger partial charge in [-0.15, -0.1) is 0 Å². The predicted octanol–water partition coefficient (Wildman–Crippen LogP) is 1.89. The summed E-state index contributed by atoms with van der Waals surface area (Å²) in [5.41, 5.74) is 3.92. The monoisotopic (exact) mass is 300 g/mol. The van der Waals surface area contributed by atoms with Gasteiger partial charge in [-0.1, -0.05) is 24.3 Å². The van der Waals surface area contributed by atoms with Crippen LogP contribution in [0.3, 0.4) is 0 Å². The minimum Gasteiger partial charge on any atom is -0.376 e. The van der Waals surface area contributed by atoms with Gasteiger partial charge in [0.05, 0.1) is 25.1 Å². The number of ether oxygens (including phenoxy) is 1. The fraction of sp³-hybridized carbons (Fsp3) is 0.471. The summed E-state index contributed by atoms with van der Waals surface area (Å²) in [7, 11) is 6.07. The molecule has 0 saturated heterocycles. The van der Waals surface area contributed by atoms with Gasteiger partial charge in [0.25, 0.3) is 0 Å². The van der Waals surface area contributed by atoms with Crippen molar-refractivity contribution in [2.24, 2.45) is 7.05 Å². The lowest BCUT2D eigenvalue weighted by Gasteiger charge is -2.26. The average Bonchev–Trinajstić information content (AvgIpc) is 2.89. The molecule has 0 radical (unpaired) electrons. The van der Waals surface area contributed by atoms with Crippen LogP contribution in [-0.4, -0.2) is 36.8 Å². The van der Waals surface area contributed by atoms with E-state index in [2.05, 4.69) is 46.2 Å². The minimum atomic E-state index is 0.423. The maximum atomic E-state index is 5.71. The minimum absolute atomic E-state index is 0.423. The largest absolute Gasteiger partial charge is 0.376 e. The Labute approximate surface area is 131 Å². The van der Waals surface area contributed by atoms with Crippen LogP contribution in [0.25, 0.3) is 0 Å². The van der Waals surface area contributed by atoms with E-state index >= 15 is 0 Å². The number of rotatable bonds is 5. The van der Waals surface area contributed by atoms with Crippen molar-refractivity contribution < 1.29 is 4.74 Å². The van der Waals surface area contributed by atoms with E-state index in [-0.39, 0.29) is 0 Å². The molecule has 5 nitrogen and oxygen atoms in total. The fourth-order valence-electron chi connectivity index (χ4n) is 3.02. The molecule has 1 N–H and O–H groups in total. The number of aromatic nitrogens is 2. The Kier molecular flexibility index (Phi) is 4.45. The Balaban J connectivity index is 1.60. The number of nitrogens with zero attached hydrogens (tertiary/aromatic N) is 3. The highest BCUT2D eigenvalue weighted by molar-refractivity contribution is 5.32. The highest BCUT2D eigenvalue weighted by atomic mass is 16.5. The topological polar surface area (TPSA) is 42.3 Å². The molecule has 1 aromatic heterocycles. The number of benzene rings is 1. The van der Waals surface area contributed by atoms with Gasteiger partial charge in [-0.25, -0.2) is 4.98 Å². The van der Waals surface area contributed by atoms with E-state index in [9.17, 15) is 0 Å². The standard InChI is InChI=1S/C17H24N4O/c1-20(2)17-19-10-15(21(17)3)9-18-8-14-12-22-11-13-6-4-5-7-16(13)14/h4-7,10,14,18H,8-9,11-12H2,1-3H3. The normalized spacial score (nSPS) is 17.3. The highest BCUT2D eigenvalue weighted by Crippen LogP contribution is 2.25. The Hall–Kier alpha value is -1.85. The van der Waals surface area contributed by atoms with Gasteiger partial charge in [-0.05, 0) is 11.1 Å². The first kappa shape index (κ1) is 15.1. The summed E-state index contributed by atoms with van der Waals surface area (Å²) in [5, 5.41) is 3.55. The van der Waals surface area contributed by atoms with Crippen molar-refractivity contribution in [3.8, 4) is 0 Å². The van der Waals surface area contributed by atoms with Crippen molar-refractivity contribution in [2.75, 3.05) is 32.1 Å². The van der Waals surface area contributed by atoms with Gasteiger partial charge in [0.1, 0.15) is 0 Å². The first-order valence-electron chi connectivity index (χ1n) is 7.71. The number of hydrogen-bond donors (Lipinski definition) is 1. The molecule has 3 rings (SSSR count). The second-order valence-corrected chi connectivity index (χ2v) is 6.04. The Morgan fingerprint density at radius 2 is 2.18 bits per heavy atom. The summed E-state index contributed by atoms with van der Waals surface area (Å²) in [4.78, 5) is 6.46. The zero-order valence-electron chi connectivity index (χ0n) is 13.5. The van der Waals surface area contributed by atoms with Crippen LogP contribution in [-0.2, 0) is 24.9 Å². The molecule has 2 heterocycles. The number of hydrogen-bond acceptors (Lipinski definition) is 4. The second-order valence-electron chi connectivity index (χ2n) is 6.04. The first-order valence-corrected chi connectivity index (χ1v) is 7.71. The molecule has 5 heteroatoms. The van der Waals surface area contributed by atoms with Crippen LogP contribution < -0.4 is 10.2 Å². The third kappa shape index (κ3) is 3.00. The van der Waals surface area contributed by atoms with Crippen LogP contribution in [0.1, 0.15) is 22.7 Å². The summed E-state index contributed by atoms with van der Waals surface area (Å²) >= 11 is 0. The molecule has 0 spiro atoms. The molecule has 0 amide bonds. The van der Waals surface area contributed by atoms with Gasteiger partial charge < -0.3 is 19.5 Å². The molecule has 0 bridgehead atoms. The SMILES string of the molecule is CN(C)c1ncc(CNCC2COCc3ccccc32)n1C. The Morgan fingerprint density at radius 3 is 2.95 bits per heavy atom. The van der Waals surface area contributed by atoms with Gasteiger partial charge in [-0.3, -0.25) is 0 Å². The zero-order chi connectivity index (χ0) is 15.5. The third-order valence-electron chi connectivity index (χ3n) is 4.23. The van der Waals surface area contributed by atoms with Gasteiger partial charge in [-0.2, -0.15) is 0 Å². The Bertz CT molecular complexity index is 635. The van der Waals surface area contributed by atoms with Crippen LogP contribution in [0.5, 0.6) is 0 Å². The lowest BCUT2D eigenvalue weighted by Crippen LogP contribution is -2.28. The lowest BCUT2D eigenvalue weighted by atomic mass is 9.93. The molecule has 118 valence electrons. The number of nitrogens with one attached hydrogen (secondary N) is 1. The molecule has 1 unspecified atom stereocenters. The highest BCUT2D eigenvalue weighted by Gasteiger charge is 2.20. The average molecular weight is 300 g/mol. The molecule has 0 fully saturated rings. The van der Waals surface area contributed by atoms with E-state index in [1.165, 1.54) is 16.8 Å². The summed E-state index contributed by atoms with van der Waals surface area (Å²) < 4.78 is 7.83. The predicted molar refractivity (Wildman–Crippen MR) is 88.1 cm³/mol. The molecule has 0 saturated carbocycles. The molecule has 1 aliphatic heterocycles. The van der Waals surface area contributed by atoms with E-state index in [0.29, 0.717) is 5.92 Å². The fourth-order valence-corrected chi connectivity index (χ4v) is 3.02. The van der Waals surface area contributed by atoms with E-state index in [1.807, 2.05) is 25.2 Å². The van der Waals surface area contributed by atoms with Crippen LogP contribution >= 0.6 is 0 Å². The van der Waals surface area contributed by atoms with E-state index in [1.54, 1.807) is 0 Å². The summed E-state index contributed by atoms with van der Waals surface area (Å²) in [6, 6.07) is 8.57. The van der Waals surface area contributed by atoms with Gasteiger partial charge in [0.15, 0.2) is 0 Å². The van der Waals surface area contributed by atoms with Crippen molar-refractivity contribution in [2.45, 2.75) is 19.1 Å². The van der Waals surface area contributed by atoms with Crippen LogP contribution in [0, 0.1) is 0 Å². The number of fused-ring (bicyclic) bond motifs is 1. The van der Waals surface area contributed by atoms with Gasteiger partial charge >= 0.3 is 0 Å². The quantitative estimate of drug-likeness (QED) is 0.916.